The summed E-state index contributed by atoms with van der Waals surface area (Å²) in [7, 11) is 0. The highest BCUT2D eigenvalue weighted by atomic mass is 35.5. The average molecular weight is 369 g/mol. The summed E-state index contributed by atoms with van der Waals surface area (Å²) in [6.45, 7) is 0.492. The molecular weight excluding hydrogens is 357 g/mol. The number of benzene rings is 2. The molecule has 4 nitrogen and oxygen atoms in total. The Morgan fingerprint density at radius 3 is 2.40 bits per heavy atom. The fraction of sp³-hybridized carbons (Fsp3) is 0.176. The highest BCUT2D eigenvalue weighted by Crippen LogP contribution is 2.31. The van der Waals surface area contributed by atoms with Gasteiger partial charge < -0.3 is 4.57 Å². The predicted molar refractivity (Wildman–Crippen MR) is 88.8 cm³/mol. The van der Waals surface area contributed by atoms with Gasteiger partial charge in [0.25, 0.3) is 5.69 Å². The summed E-state index contributed by atoms with van der Waals surface area (Å²) in [5.41, 5.74) is 0.656. The van der Waals surface area contributed by atoms with Gasteiger partial charge >= 0.3 is 6.18 Å². The van der Waals surface area contributed by atoms with Gasteiger partial charge in [0.05, 0.1) is 21.0 Å². The van der Waals surface area contributed by atoms with Crippen LogP contribution in [0.25, 0.3) is 10.9 Å². The van der Waals surface area contributed by atoms with Gasteiger partial charge in [-0.15, -0.1) is 0 Å². The van der Waals surface area contributed by atoms with Crippen LogP contribution in [-0.4, -0.2) is 9.49 Å². The van der Waals surface area contributed by atoms with Gasteiger partial charge in [-0.1, -0.05) is 23.7 Å². The highest BCUT2D eigenvalue weighted by molar-refractivity contribution is 6.35. The Morgan fingerprint density at radius 2 is 1.80 bits per heavy atom. The first-order chi connectivity index (χ1) is 11.8. The number of alkyl halides is 3. The number of halogens is 4. The Kier molecular flexibility index (Phi) is 4.43. The Balaban J connectivity index is 1.81. The molecule has 0 bridgehead atoms. The normalized spacial score (nSPS) is 11.8. The third-order valence-corrected chi connectivity index (χ3v) is 4.22. The van der Waals surface area contributed by atoms with E-state index in [1.807, 2.05) is 4.57 Å². The van der Waals surface area contributed by atoms with Gasteiger partial charge in [0.1, 0.15) is 0 Å². The lowest BCUT2D eigenvalue weighted by atomic mass is 10.1. The first-order valence-corrected chi connectivity index (χ1v) is 7.72. The Morgan fingerprint density at radius 1 is 1.12 bits per heavy atom. The topological polar surface area (TPSA) is 48.1 Å². The van der Waals surface area contributed by atoms with Crippen LogP contribution < -0.4 is 0 Å². The number of non-ortho nitro benzene ring substituents is 1. The van der Waals surface area contributed by atoms with E-state index in [4.69, 9.17) is 11.6 Å². The summed E-state index contributed by atoms with van der Waals surface area (Å²) >= 11 is 6.16. The molecule has 0 N–H and O–H groups in total. The van der Waals surface area contributed by atoms with E-state index in [-0.39, 0.29) is 10.7 Å². The molecule has 0 spiro atoms. The van der Waals surface area contributed by atoms with Gasteiger partial charge in [0, 0.05) is 30.3 Å². The zero-order chi connectivity index (χ0) is 18.2. The van der Waals surface area contributed by atoms with Crippen LogP contribution in [0.15, 0.2) is 48.7 Å². The summed E-state index contributed by atoms with van der Waals surface area (Å²) in [4.78, 5) is 10.4. The van der Waals surface area contributed by atoms with Gasteiger partial charge in [-0.3, -0.25) is 10.1 Å². The molecule has 0 radical (unpaired) electrons. The van der Waals surface area contributed by atoms with E-state index in [9.17, 15) is 23.3 Å². The van der Waals surface area contributed by atoms with Gasteiger partial charge in [-0.05, 0) is 30.2 Å². The second-order valence-corrected chi connectivity index (χ2v) is 5.98. The Labute approximate surface area is 145 Å². The van der Waals surface area contributed by atoms with Crippen molar-refractivity contribution in [2.45, 2.75) is 19.1 Å². The number of nitrogens with zero attached hydrogens (tertiary/aromatic N) is 2. The lowest BCUT2D eigenvalue weighted by Crippen LogP contribution is -2.05. The summed E-state index contributed by atoms with van der Waals surface area (Å²) in [5.74, 6) is 0. The number of nitro benzene ring substituents is 1. The molecule has 2 aromatic carbocycles. The van der Waals surface area contributed by atoms with Crippen molar-refractivity contribution in [3.05, 3.63) is 74.9 Å². The van der Waals surface area contributed by atoms with Crippen molar-refractivity contribution in [1.29, 1.82) is 0 Å². The number of fused-ring (bicyclic) bond motifs is 1. The van der Waals surface area contributed by atoms with Crippen molar-refractivity contribution in [2.24, 2.45) is 0 Å². The SMILES string of the molecule is O=[N+]([O-])c1cc(Cl)c2c(ccn2CCc2ccc(C(F)(F)F)cc2)c1. The molecule has 0 amide bonds. The van der Waals surface area contributed by atoms with Gasteiger partial charge in [0.15, 0.2) is 0 Å². The molecule has 0 saturated carbocycles. The van der Waals surface area contributed by atoms with Gasteiger partial charge in [-0.2, -0.15) is 13.2 Å². The minimum atomic E-state index is -4.35. The molecule has 0 saturated heterocycles. The van der Waals surface area contributed by atoms with Crippen LogP contribution in [0.4, 0.5) is 18.9 Å². The summed E-state index contributed by atoms with van der Waals surface area (Å²) < 4.78 is 39.5. The number of aromatic nitrogens is 1. The maximum Gasteiger partial charge on any atom is 0.416 e. The maximum absolute atomic E-state index is 12.6. The molecular formula is C17H12ClF3N2O2. The Bertz CT molecular complexity index is 933. The van der Waals surface area contributed by atoms with Gasteiger partial charge in [0.2, 0.25) is 0 Å². The van der Waals surface area contributed by atoms with Crippen LogP contribution in [0.1, 0.15) is 11.1 Å². The van der Waals surface area contributed by atoms with E-state index in [1.54, 1.807) is 12.3 Å². The number of hydrogen-bond donors (Lipinski definition) is 0. The fourth-order valence-corrected chi connectivity index (χ4v) is 3.01. The van der Waals surface area contributed by atoms with Crippen molar-refractivity contribution in [3.63, 3.8) is 0 Å². The molecule has 25 heavy (non-hydrogen) atoms. The zero-order valence-electron chi connectivity index (χ0n) is 12.8. The van der Waals surface area contributed by atoms with Crippen molar-refractivity contribution >= 4 is 28.2 Å². The number of rotatable bonds is 4. The van der Waals surface area contributed by atoms with Crippen LogP contribution >= 0.6 is 11.6 Å². The van der Waals surface area contributed by atoms with E-state index in [1.165, 1.54) is 24.3 Å². The minimum Gasteiger partial charge on any atom is -0.346 e. The monoisotopic (exact) mass is 368 g/mol. The molecule has 0 unspecified atom stereocenters. The molecule has 0 aliphatic rings. The molecule has 1 heterocycles. The van der Waals surface area contributed by atoms with Gasteiger partial charge in [-0.25, -0.2) is 0 Å². The largest absolute Gasteiger partial charge is 0.416 e. The third-order valence-electron chi connectivity index (χ3n) is 3.93. The second kappa shape index (κ2) is 6.40. The van der Waals surface area contributed by atoms with Crippen LogP contribution in [0.5, 0.6) is 0 Å². The summed E-state index contributed by atoms with van der Waals surface area (Å²) in [5, 5.41) is 11.8. The van der Waals surface area contributed by atoms with Crippen molar-refractivity contribution in [3.8, 4) is 0 Å². The highest BCUT2D eigenvalue weighted by Gasteiger charge is 2.29. The lowest BCUT2D eigenvalue weighted by Gasteiger charge is -2.09. The van der Waals surface area contributed by atoms with Crippen molar-refractivity contribution in [2.75, 3.05) is 0 Å². The fourth-order valence-electron chi connectivity index (χ4n) is 2.68. The molecule has 0 aliphatic carbocycles. The van der Waals surface area contributed by atoms with Crippen LogP contribution in [0.3, 0.4) is 0 Å². The van der Waals surface area contributed by atoms with E-state index in [2.05, 4.69) is 0 Å². The Hall–Kier alpha value is -2.54. The molecule has 3 aromatic rings. The summed E-state index contributed by atoms with van der Waals surface area (Å²) in [6.07, 6.45) is -2.09. The van der Waals surface area contributed by atoms with E-state index < -0.39 is 16.7 Å². The van der Waals surface area contributed by atoms with Crippen molar-refractivity contribution in [1.82, 2.24) is 4.57 Å². The molecule has 8 heteroatoms. The molecule has 0 atom stereocenters. The molecule has 1 aromatic heterocycles. The lowest BCUT2D eigenvalue weighted by molar-refractivity contribution is -0.384. The standard InChI is InChI=1S/C17H12ClF3N2O2/c18-15-10-14(23(24)25)9-12-6-8-22(16(12)15)7-5-11-1-3-13(4-2-11)17(19,20)21/h1-4,6,8-10H,5,7H2. The predicted octanol–water partition coefficient (Wildman–Crippen LogP) is 5.46. The molecule has 130 valence electrons. The summed E-state index contributed by atoms with van der Waals surface area (Å²) in [6, 6.07) is 9.45. The number of hydrogen-bond acceptors (Lipinski definition) is 2. The number of aryl methyl sites for hydroxylation is 2. The smallest absolute Gasteiger partial charge is 0.346 e. The van der Waals surface area contributed by atoms with E-state index in [0.29, 0.717) is 23.9 Å². The molecule has 0 aliphatic heterocycles. The zero-order valence-corrected chi connectivity index (χ0v) is 13.5. The van der Waals surface area contributed by atoms with E-state index >= 15 is 0 Å². The molecule has 0 fully saturated rings. The first-order valence-electron chi connectivity index (χ1n) is 7.34. The average Bonchev–Trinajstić information content (AvgIpc) is 2.96. The van der Waals surface area contributed by atoms with E-state index in [0.717, 1.165) is 17.7 Å². The van der Waals surface area contributed by atoms with Crippen molar-refractivity contribution < 1.29 is 18.1 Å². The van der Waals surface area contributed by atoms with Crippen LogP contribution in [0, 0.1) is 10.1 Å². The maximum atomic E-state index is 12.6. The second-order valence-electron chi connectivity index (χ2n) is 5.58. The molecule has 3 rings (SSSR count). The third kappa shape index (κ3) is 3.61. The number of nitro groups is 1. The minimum absolute atomic E-state index is 0.0852. The first kappa shape index (κ1) is 17.3. The quantitative estimate of drug-likeness (QED) is 0.453. The van der Waals surface area contributed by atoms with Crippen LogP contribution in [-0.2, 0) is 19.1 Å². The van der Waals surface area contributed by atoms with Crippen LogP contribution in [0.2, 0.25) is 5.02 Å².